The summed E-state index contributed by atoms with van der Waals surface area (Å²) in [7, 11) is 0. The molecule has 138 valence electrons. The third-order valence-electron chi connectivity index (χ3n) is 4.23. The van der Waals surface area contributed by atoms with Crippen LogP contribution in [0.3, 0.4) is 0 Å². The first-order valence-electron chi connectivity index (χ1n) is 8.27. The fraction of sp³-hybridized carbons (Fsp3) is 0.500. The molecular weight excluding hydrogens is 340 g/mol. The zero-order valence-electron chi connectivity index (χ0n) is 14.9. The van der Waals surface area contributed by atoms with E-state index < -0.39 is 11.4 Å². The van der Waals surface area contributed by atoms with Gasteiger partial charge in [-0.3, -0.25) is 14.4 Å². The van der Waals surface area contributed by atoms with Crippen molar-refractivity contribution in [2.45, 2.75) is 33.6 Å². The highest BCUT2D eigenvalue weighted by Crippen LogP contribution is 2.25. The lowest BCUT2D eigenvalue weighted by Crippen LogP contribution is -2.43. The summed E-state index contributed by atoms with van der Waals surface area (Å²) >= 11 is 1.19. The highest BCUT2D eigenvalue weighted by molar-refractivity contribution is 8.00. The smallest absolute Gasteiger partial charge is 0.311 e. The Morgan fingerprint density at radius 2 is 1.60 bits per heavy atom. The van der Waals surface area contributed by atoms with Crippen LogP contribution in [0.2, 0.25) is 0 Å². The van der Waals surface area contributed by atoms with E-state index in [1.807, 2.05) is 31.2 Å². The third-order valence-corrected chi connectivity index (χ3v) is 5.17. The predicted molar refractivity (Wildman–Crippen MR) is 101 cm³/mol. The molecule has 0 aliphatic rings. The Labute approximate surface area is 152 Å². The highest BCUT2D eigenvalue weighted by atomic mass is 32.2. The minimum atomic E-state index is -0.927. The molecule has 0 saturated carbocycles. The Bertz CT molecular complexity index is 598. The van der Waals surface area contributed by atoms with Gasteiger partial charge < -0.3 is 15.7 Å². The zero-order valence-corrected chi connectivity index (χ0v) is 15.7. The van der Waals surface area contributed by atoms with Gasteiger partial charge in [0.1, 0.15) is 0 Å². The molecule has 0 spiro atoms. The van der Waals surface area contributed by atoms with Crippen LogP contribution in [-0.4, -0.2) is 40.9 Å². The van der Waals surface area contributed by atoms with Crippen LogP contribution in [0, 0.1) is 12.3 Å². The van der Waals surface area contributed by atoms with Crippen molar-refractivity contribution in [2.75, 3.05) is 23.4 Å². The molecule has 0 fully saturated rings. The van der Waals surface area contributed by atoms with Crippen LogP contribution in [0.4, 0.5) is 5.69 Å². The molecule has 0 unspecified atom stereocenters. The molecule has 1 rings (SSSR count). The van der Waals surface area contributed by atoms with Crippen molar-refractivity contribution in [3.63, 3.8) is 0 Å². The number of thioether (sulfide) groups is 1. The lowest BCUT2D eigenvalue weighted by Gasteiger charge is -2.26. The molecule has 0 aliphatic heterocycles. The van der Waals surface area contributed by atoms with Gasteiger partial charge in [-0.15, -0.1) is 11.8 Å². The van der Waals surface area contributed by atoms with E-state index in [1.54, 1.807) is 13.8 Å². The van der Waals surface area contributed by atoms with Crippen LogP contribution in [0.5, 0.6) is 0 Å². The summed E-state index contributed by atoms with van der Waals surface area (Å²) in [6.45, 7) is 5.67. The van der Waals surface area contributed by atoms with Crippen LogP contribution < -0.4 is 10.6 Å². The molecule has 25 heavy (non-hydrogen) atoms. The fourth-order valence-electron chi connectivity index (χ4n) is 2.27. The van der Waals surface area contributed by atoms with E-state index in [1.165, 1.54) is 11.8 Å². The number of carbonyl (C=O) groups excluding carboxylic acids is 2. The van der Waals surface area contributed by atoms with E-state index >= 15 is 0 Å². The van der Waals surface area contributed by atoms with Crippen molar-refractivity contribution in [3.05, 3.63) is 29.8 Å². The van der Waals surface area contributed by atoms with E-state index in [2.05, 4.69) is 10.6 Å². The molecule has 0 aromatic heterocycles. The second-order valence-corrected chi connectivity index (χ2v) is 6.96. The Kier molecular flexibility index (Phi) is 8.48. The van der Waals surface area contributed by atoms with E-state index in [9.17, 15) is 19.5 Å². The number of amides is 2. The Morgan fingerprint density at radius 3 is 2.12 bits per heavy atom. The number of hydrogen-bond donors (Lipinski definition) is 3. The van der Waals surface area contributed by atoms with E-state index in [-0.39, 0.29) is 29.9 Å². The first-order valence-corrected chi connectivity index (χ1v) is 9.42. The van der Waals surface area contributed by atoms with Gasteiger partial charge in [0.15, 0.2) is 0 Å². The monoisotopic (exact) mass is 366 g/mol. The number of carbonyl (C=O) groups is 3. The number of hydrogen-bond acceptors (Lipinski definition) is 4. The van der Waals surface area contributed by atoms with Crippen molar-refractivity contribution in [2.24, 2.45) is 5.41 Å². The first-order chi connectivity index (χ1) is 11.8. The van der Waals surface area contributed by atoms with Crippen LogP contribution >= 0.6 is 11.8 Å². The number of carboxylic acids is 1. The minimum Gasteiger partial charge on any atom is -0.481 e. The molecule has 0 aliphatic carbocycles. The summed E-state index contributed by atoms with van der Waals surface area (Å²) in [6, 6.07) is 7.47. The number of nitrogens with one attached hydrogen (secondary N) is 2. The fourth-order valence-corrected chi connectivity index (χ4v) is 2.91. The second-order valence-electron chi connectivity index (χ2n) is 5.98. The standard InChI is InChI=1S/C18H26N2O4S/c1-4-18(5-2,17(23)24)12-19-15(21)10-25-11-16(22)20-14-8-6-13(3)7-9-14/h6-9H,4-5,10-12H2,1-3H3,(H,19,21)(H,20,22)(H,23,24). The molecule has 6 nitrogen and oxygen atoms in total. The SMILES string of the molecule is CCC(CC)(CNC(=O)CSCC(=O)Nc1ccc(C)cc1)C(=O)O. The second kappa shape index (κ2) is 10.1. The van der Waals surface area contributed by atoms with Gasteiger partial charge in [0.25, 0.3) is 0 Å². The molecule has 2 amide bonds. The first kappa shape index (κ1) is 21.0. The average molecular weight is 366 g/mol. The molecular formula is C18H26N2O4S. The van der Waals surface area contributed by atoms with Crippen molar-refractivity contribution >= 4 is 35.2 Å². The van der Waals surface area contributed by atoms with E-state index in [0.29, 0.717) is 12.8 Å². The van der Waals surface area contributed by atoms with E-state index in [4.69, 9.17) is 0 Å². The van der Waals surface area contributed by atoms with Crippen molar-refractivity contribution in [3.8, 4) is 0 Å². The maximum absolute atomic E-state index is 11.9. The number of rotatable bonds is 10. The number of aryl methyl sites for hydroxylation is 1. The van der Waals surface area contributed by atoms with Gasteiger partial charge >= 0.3 is 5.97 Å². The summed E-state index contributed by atoms with van der Waals surface area (Å²) in [5, 5.41) is 14.8. The number of benzene rings is 1. The summed E-state index contributed by atoms with van der Waals surface area (Å²) in [4.78, 5) is 35.1. The Balaban J connectivity index is 2.33. The number of carboxylic acid groups (broad SMARTS) is 1. The molecule has 1 aromatic rings. The van der Waals surface area contributed by atoms with Gasteiger partial charge in [-0.25, -0.2) is 0 Å². The van der Waals surface area contributed by atoms with Crippen LogP contribution in [0.15, 0.2) is 24.3 Å². The average Bonchev–Trinajstić information content (AvgIpc) is 2.58. The van der Waals surface area contributed by atoms with Gasteiger partial charge in [-0.1, -0.05) is 31.5 Å². The topological polar surface area (TPSA) is 95.5 Å². The van der Waals surface area contributed by atoms with Crippen LogP contribution in [-0.2, 0) is 14.4 Å². The molecule has 0 atom stereocenters. The summed E-state index contributed by atoms with van der Waals surface area (Å²) in [5.41, 5.74) is 0.904. The molecule has 1 aromatic carbocycles. The molecule has 0 bridgehead atoms. The summed E-state index contributed by atoms with van der Waals surface area (Å²) < 4.78 is 0. The maximum Gasteiger partial charge on any atom is 0.311 e. The van der Waals surface area contributed by atoms with Gasteiger partial charge in [0.05, 0.1) is 16.9 Å². The van der Waals surface area contributed by atoms with Gasteiger partial charge in [-0.2, -0.15) is 0 Å². The molecule has 3 N–H and O–H groups in total. The normalized spacial score (nSPS) is 11.0. The maximum atomic E-state index is 11.9. The summed E-state index contributed by atoms with van der Waals surface area (Å²) in [6.07, 6.45) is 0.899. The van der Waals surface area contributed by atoms with Crippen molar-refractivity contribution < 1.29 is 19.5 Å². The predicted octanol–water partition coefficient (Wildman–Crippen LogP) is 2.67. The number of anilines is 1. The Morgan fingerprint density at radius 1 is 1.04 bits per heavy atom. The molecule has 7 heteroatoms. The van der Waals surface area contributed by atoms with Crippen LogP contribution in [0.25, 0.3) is 0 Å². The quantitative estimate of drug-likeness (QED) is 0.592. The van der Waals surface area contributed by atoms with Gasteiger partial charge in [-0.05, 0) is 31.9 Å². The third kappa shape index (κ3) is 6.78. The molecule has 0 radical (unpaired) electrons. The lowest BCUT2D eigenvalue weighted by molar-refractivity contribution is -0.149. The van der Waals surface area contributed by atoms with Gasteiger partial charge in [0, 0.05) is 12.2 Å². The highest BCUT2D eigenvalue weighted by Gasteiger charge is 2.35. The van der Waals surface area contributed by atoms with Crippen molar-refractivity contribution in [1.29, 1.82) is 0 Å². The largest absolute Gasteiger partial charge is 0.481 e. The van der Waals surface area contributed by atoms with E-state index in [0.717, 1.165) is 11.3 Å². The summed E-state index contributed by atoms with van der Waals surface area (Å²) in [5.74, 6) is -1.07. The molecule has 0 saturated heterocycles. The van der Waals surface area contributed by atoms with Crippen molar-refractivity contribution in [1.82, 2.24) is 5.32 Å². The van der Waals surface area contributed by atoms with Crippen LogP contribution in [0.1, 0.15) is 32.3 Å². The van der Waals surface area contributed by atoms with Gasteiger partial charge in [0.2, 0.25) is 11.8 Å². The zero-order chi connectivity index (χ0) is 18.9. The minimum absolute atomic E-state index is 0.101. The Hall–Kier alpha value is -2.02. The molecule has 0 heterocycles. The number of aliphatic carboxylic acids is 1. The lowest BCUT2D eigenvalue weighted by atomic mass is 9.82.